The van der Waals surface area contributed by atoms with Gasteiger partial charge in [-0.2, -0.15) is 10.2 Å². The third-order valence-corrected chi connectivity index (χ3v) is 4.67. The lowest BCUT2D eigenvalue weighted by Gasteiger charge is -2.06. The van der Waals surface area contributed by atoms with Crippen molar-refractivity contribution in [1.82, 2.24) is 19.6 Å². The van der Waals surface area contributed by atoms with Gasteiger partial charge in [0.2, 0.25) is 5.91 Å². The maximum atomic E-state index is 12.1. The van der Waals surface area contributed by atoms with E-state index in [1.54, 1.807) is 27.7 Å². The number of rotatable bonds is 6. The lowest BCUT2D eigenvalue weighted by atomic mass is 10.2. The van der Waals surface area contributed by atoms with E-state index in [1.807, 2.05) is 19.1 Å². The van der Waals surface area contributed by atoms with Gasteiger partial charge in [-0.1, -0.05) is 40.9 Å². The molecule has 0 spiro atoms. The summed E-state index contributed by atoms with van der Waals surface area (Å²) >= 11 is 17.8. The summed E-state index contributed by atoms with van der Waals surface area (Å²) in [5, 5.41) is 12.8. The molecule has 0 saturated carbocycles. The van der Waals surface area contributed by atoms with E-state index in [0.717, 1.165) is 11.3 Å². The maximum absolute atomic E-state index is 12.1. The minimum Gasteiger partial charge on any atom is -0.309 e. The van der Waals surface area contributed by atoms with Gasteiger partial charge in [-0.3, -0.25) is 14.2 Å². The van der Waals surface area contributed by atoms with Crippen molar-refractivity contribution in [2.24, 2.45) is 0 Å². The van der Waals surface area contributed by atoms with E-state index in [2.05, 4.69) is 15.5 Å². The Morgan fingerprint density at radius 1 is 1.19 bits per heavy atom. The van der Waals surface area contributed by atoms with Crippen LogP contribution in [0.4, 0.5) is 5.82 Å². The van der Waals surface area contributed by atoms with Gasteiger partial charge in [0.05, 0.1) is 27.8 Å². The lowest BCUT2D eigenvalue weighted by molar-refractivity contribution is -0.116. The molecule has 1 amide bonds. The topological polar surface area (TPSA) is 64.7 Å². The quantitative estimate of drug-likeness (QED) is 0.651. The predicted molar refractivity (Wildman–Crippen MR) is 103 cm³/mol. The van der Waals surface area contributed by atoms with E-state index < -0.39 is 0 Å². The predicted octanol–water partition coefficient (Wildman–Crippen LogP) is 4.43. The third kappa shape index (κ3) is 4.78. The van der Waals surface area contributed by atoms with Gasteiger partial charge in [0.25, 0.3) is 0 Å². The molecule has 1 N–H and O–H groups in total. The summed E-state index contributed by atoms with van der Waals surface area (Å²) in [6.07, 6.45) is 3.48. The van der Waals surface area contributed by atoms with Crippen LogP contribution in [0.3, 0.4) is 0 Å². The number of carbonyl (C=O) groups is 1. The molecule has 136 valence electrons. The fourth-order valence-corrected chi connectivity index (χ4v) is 2.90. The van der Waals surface area contributed by atoms with Gasteiger partial charge in [0.1, 0.15) is 0 Å². The standard InChI is InChI=1S/C17H16Cl3N5O/c1-11-6-16(22-17(26)4-5-24-10-13(18)8-21-24)23-25(11)9-12-2-3-14(19)15(20)7-12/h2-3,6-8,10H,4-5,9H2,1H3,(H,22,23,26). The number of hydrogen-bond donors (Lipinski definition) is 1. The molecule has 0 saturated heterocycles. The summed E-state index contributed by atoms with van der Waals surface area (Å²) in [7, 11) is 0. The number of hydrogen-bond acceptors (Lipinski definition) is 3. The molecule has 9 heteroatoms. The van der Waals surface area contributed by atoms with E-state index in [1.165, 1.54) is 6.20 Å². The number of nitrogens with zero attached hydrogens (tertiary/aromatic N) is 4. The van der Waals surface area contributed by atoms with Crippen LogP contribution in [-0.2, 0) is 17.9 Å². The van der Waals surface area contributed by atoms with E-state index >= 15 is 0 Å². The van der Waals surface area contributed by atoms with Gasteiger partial charge >= 0.3 is 0 Å². The normalized spacial score (nSPS) is 10.9. The third-order valence-electron chi connectivity index (χ3n) is 3.73. The fourth-order valence-electron chi connectivity index (χ4n) is 2.42. The van der Waals surface area contributed by atoms with Crippen molar-refractivity contribution < 1.29 is 4.79 Å². The summed E-state index contributed by atoms with van der Waals surface area (Å²) in [6, 6.07) is 7.27. The molecule has 3 rings (SSSR count). The number of halogens is 3. The number of amides is 1. The Bertz CT molecular complexity index is 934. The van der Waals surface area contributed by atoms with Crippen molar-refractivity contribution in [3.8, 4) is 0 Å². The molecule has 0 atom stereocenters. The first kappa shape index (κ1) is 18.8. The molecule has 0 aliphatic rings. The smallest absolute Gasteiger partial charge is 0.227 e. The Kier molecular flexibility index (Phi) is 5.86. The Hall–Kier alpha value is -2.02. The molecule has 0 radical (unpaired) electrons. The number of aromatic nitrogens is 4. The molecule has 3 aromatic rings. The first-order chi connectivity index (χ1) is 12.4. The van der Waals surface area contributed by atoms with E-state index in [4.69, 9.17) is 34.8 Å². The number of anilines is 1. The summed E-state index contributed by atoms with van der Waals surface area (Å²) in [5.74, 6) is 0.363. The second kappa shape index (κ2) is 8.12. The summed E-state index contributed by atoms with van der Waals surface area (Å²) < 4.78 is 3.42. The minimum atomic E-state index is -0.143. The summed E-state index contributed by atoms with van der Waals surface area (Å²) in [5.41, 5.74) is 1.89. The SMILES string of the molecule is Cc1cc(NC(=O)CCn2cc(Cl)cn2)nn1Cc1ccc(Cl)c(Cl)c1. The van der Waals surface area contributed by atoms with Crippen molar-refractivity contribution in [2.45, 2.75) is 26.4 Å². The highest BCUT2D eigenvalue weighted by atomic mass is 35.5. The summed E-state index contributed by atoms with van der Waals surface area (Å²) in [6.45, 7) is 2.90. The largest absolute Gasteiger partial charge is 0.309 e. The second-order valence-electron chi connectivity index (χ2n) is 5.80. The van der Waals surface area contributed by atoms with Crippen LogP contribution < -0.4 is 5.32 Å². The number of aryl methyl sites for hydroxylation is 2. The zero-order chi connectivity index (χ0) is 18.7. The van der Waals surface area contributed by atoms with Crippen LogP contribution in [0.25, 0.3) is 0 Å². The van der Waals surface area contributed by atoms with Crippen molar-refractivity contribution in [3.05, 3.63) is 63.0 Å². The average Bonchev–Trinajstić information content (AvgIpc) is 3.15. The Balaban J connectivity index is 1.60. The first-order valence-corrected chi connectivity index (χ1v) is 9.00. The number of carbonyl (C=O) groups excluding carboxylic acids is 1. The zero-order valence-corrected chi connectivity index (χ0v) is 16.2. The summed E-state index contributed by atoms with van der Waals surface area (Å²) in [4.78, 5) is 12.1. The van der Waals surface area contributed by atoms with Gasteiger partial charge in [0, 0.05) is 30.9 Å². The van der Waals surface area contributed by atoms with Gasteiger partial charge in [-0.25, -0.2) is 0 Å². The lowest BCUT2D eigenvalue weighted by Crippen LogP contribution is -2.15. The van der Waals surface area contributed by atoms with E-state index in [9.17, 15) is 4.79 Å². The van der Waals surface area contributed by atoms with E-state index in [-0.39, 0.29) is 12.3 Å². The second-order valence-corrected chi connectivity index (χ2v) is 7.05. The molecule has 0 unspecified atom stereocenters. The molecule has 0 aliphatic carbocycles. The maximum Gasteiger partial charge on any atom is 0.227 e. The molecule has 2 heterocycles. The van der Waals surface area contributed by atoms with E-state index in [0.29, 0.717) is 34.0 Å². The molecule has 26 heavy (non-hydrogen) atoms. The van der Waals surface area contributed by atoms with Crippen LogP contribution in [-0.4, -0.2) is 25.5 Å². The molecule has 0 aliphatic heterocycles. The highest BCUT2D eigenvalue weighted by molar-refractivity contribution is 6.42. The van der Waals surface area contributed by atoms with Gasteiger partial charge in [-0.05, 0) is 24.6 Å². The van der Waals surface area contributed by atoms with Gasteiger partial charge in [-0.15, -0.1) is 0 Å². The van der Waals surface area contributed by atoms with Crippen LogP contribution in [0, 0.1) is 6.92 Å². The van der Waals surface area contributed by atoms with Crippen LogP contribution in [0.1, 0.15) is 17.7 Å². The molecule has 0 fully saturated rings. The van der Waals surface area contributed by atoms with Crippen molar-refractivity contribution in [3.63, 3.8) is 0 Å². The highest BCUT2D eigenvalue weighted by Crippen LogP contribution is 2.23. The Morgan fingerprint density at radius 2 is 2.00 bits per heavy atom. The number of nitrogens with one attached hydrogen (secondary N) is 1. The Morgan fingerprint density at radius 3 is 2.69 bits per heavy atom. The van der Waals surface area contributed by atoms with Crippen LogP contribution in [0.15, 0.2) is 36.7 Å². The van der Waals surface area contributed by atoms with Gasteiger partial charge in [0.15, 0.2) is 5.82 Å². The van der Waals surface area contributed by atoms with Crippen LogP contribution in [0.2, 0.25) is 15.1 Å². The van der Waals surface area contributed by atoms with Crippen LogP contribution >= 0.6 is 34.8 Å². The highest BCUT2D eigenvalue weighted by Gasteiger charge is 2.10. The fraction of sp³-hybridized carbons (Fsp3) is 0.235. The Labute approximate surface area is 165 Å². The molecule has 1 aromatic carbocycles. The zero-order valence-electron chi connectivity index (χ0n) is 13.9. The van der Waals surface area contributed by atoms with Gasteiger partial charge < -0.3 is 5.32 Å². The van der Waals surface area contributed by atoms with Crippen LogP contribution in [0.5, 0.6) is 0 Å². The minimum absolute atomic E-state index is 0.143. The molecule has 6 nitrogen and oxygen atoms in total. The molecule has 0 bridgehead atoms. The first-order valence-electron chi connectivity index (χ1n) is 7.87. The molecule has 2 aromatic heterocycles. The monoisotopic (exact) mass is 411 g/mol. The average molecular weight is 413 g/mol. The van der Waals surface area contributed by atoms with Crippen molar-refractivity contribution in [1.29, 1.82) is 0 Å². The van der Waals surface area contributed by atoms with Crippen molar-refractivity contribution in [2.75, 3.05) is 5.32 Å². The van der Waals surface area contributed by atoms with Crippen molar-refractivity contribution >= 4 is 46.5 Å². The molecular formula is C17H16Cl3N5O. The number of benzene rings is 1. The molecular weight excluding hydrogens is 397 g/mol.